The van der Waals surface area contributed by atoms with Crippen molar-refractivity contribution in [3.8, 4) is 0 Å². The van der Waals surface area contributed by atoms with Crippen LogP contribution in [0.4, 0.5) is 11.4 Å². The molecule has 1 aromatic carbocycles. The number of hydrazone groups is 1. The number of hydrogen-bond acceptors (Lipinski definition) is 8. The Kier molecular flexibility index (Phi) is 4.22. The molecule has 0 bridgehead atoms. The minimum absolute atomic E-state index is 0.00564. The van der Waals surface area contributed by atoms with E-state index in [2.05, 4.69) is 9.84 Å². The van der Waals surface area contributed by atoms with Gasteiger partial charge in [-0.3, -0.25) is 24.5 Å². The number of carbonyl (C=O) groups is 4. The summed E-state index contributed by atoms with van der Waals surface area (Å²) in [7, 11) is 1.13. The molecular weight excluding hydrogens is 360 g/mol. The van der Waals surface area contributed by atoms with Gasteiger partial charge in [0.1, 0.15) is 5.71 Å². The Morgan fingerprint density at radius 2 is 2.00 bits per heavy atom. The smallest absolute Gasteiger partial charge is 0.354 e. The Labute approximate surface area is 152 Å². The van der Waals surface area contributed by atoms with Crippen molar-refractivity contribution >= 4 is 40.8 Å². The molecule has 1 fully saturated rings. The first-order valence-electron chi connectivity index (χ1n) is 7.79. The third-order valence-corrected chi connectivity index (χ3v) is 4.40. The quantitative estimate of drug-likeness (QED) is 0.322. The monoisotopic (exact) mass is 374 g/mol. The Morgan fingerprint density at radius 3 is 2.59 bits per heavy atom. The van der Waals surface area contributed by atoms with Crippen LogP contribution in [0.2, 0.25) is 0 Å². The number of carbonyl (C=O) groups excluding carboxylic acids is 4. The van der Waals surface area contributed by atoms with Crippen molar-refractivity contribution in [3.63, 3.8) is 0 Å². The number of non-ortho nitro benzene ring substituents is 1. The van der Waals surface area contributed by atoms with E-state index in [1.807, 2.05) is 0 Å². The first-order chi connectivity index (χ1) is 12.7. The number of imide groups is 1. The highest BCUT2D eigenvalue weighted by Gasteiger charge is 2.61. The van der Waals surface area contributed by atoms with Gasteiger partial charge in [0.05, 0.1) is 24.1 Å². The van der Waals surface area contributed by atoms with E-state index in [0.29, 0.717) is 0 Å². The SMILES string of the molecule is COC(=O)C1=NN(C(C)=O)[C@]2(CC(=O)N(c3cccc([N+](=O)[O-])c3)C2=O)C1. The normalized spacial score (nSPS) is 21.6. The minimum atomic E-state index is -1.68. The molecule has 2 aliphatic heterocycles. The lowest BCUT2D eigenvalue weighted by Crippen LogP contribution is -2.51. The number of amides is 3. The zero-order chi connectivity index (χ0) is 19.9. The van der Waals surface area contributed by atoms with Crippen molar-refractivity contribution in [2.75, 3.05) is 12.0 Å². The molecule has 0 N–H and O–H groups in total. The molecule has 0 saturated carbocycles. The maximum Gasteiger partial charge on any atom is 0.354 e. The molecule has 3 amide bonds. The second kappa shape index (κ2) is 6.27. The second-order valence-electron chi connectivity index (χ2n) is 6.07. The fraction of sp³-hybridized carbons (Fsp3) is 0.312. The molecule has 0 unspecified atom stereocenters. The highest BCUT2D eigenvalue weighted by molar-refractivity contribution is 6.39. The molecule has 0 radical (unpaired) electrons. The number of benzene rings is 1. The summed E-state index contributed by atoms with van der Waals surface area (Å²) in [4.78, 5) is 60.6. The number of esters is 1. The first-order valence-corrected chi connectivity index (χ1v) is 7.79. The highest BCUT2D eigenvalue weighted by atomic mass is 16.6. The van der Waals surface area contributed by atoms with Crippen LogP contribution in [0.3, 0.4) is 0 Å². The van der Waals surface area contributed by atoms with Gasteiger partial charge in [0, 0.05) is 25.5 Å². The van der Waals surface area contributed by atoms with E-state index in [-0.39, 0.29) is 23.5 Å². The summed E-state index contributed by atoms with van der Waals surface area (Å²) in [6.07, 6.45) is -0.687. The van der Waals surface area contributed by atoms with Gasteiger partial charge in [-0.15, -0.1) is 0 Å². The number of anilines is 1. The van der Waals surface area contributed by atoms with Crippen LogP contribution in [0.25, 0.3) is 0 Å². The first kappa shape index (κ1) is 18.2. The maximum atomic E-state index is 13.1. The molecule has 1 spiro atoms. The number of methoxy groups -OCH3 is 1. The van der Waals surface area contributed by atoms with E-state index in [0.717, 1.165) is 30.0 Å². The summed E-state index contributed by atoms with van der Waals surface area (Å²) in [5.41, 5.74) is -2.13. The van der Waals surface area contributed by atoms with E-state index in [1.165, 1.54) is 18.2 Å². The molecule has 11 heteroatoms. The molecular formula is C16H14N4O7. The summed E-state index contributed by atoms with van der Waals surface area (Å²) in [5.74, 6) is -2.89. The van der Waals surface area contributed by atoms with Gasteiger partial charge in [-0.2, -0.15) is 5.10 Å². The number of nitro benzene ring substituents is 1. The van der Waals surface area contributed by atoms with Gasteiger partial charge in [0.15, 0.2) is 5.54 Å². The summed E-state index contributed by atoms with van der Waals surface area (Å²) < 4.78 is 4.59. The Hall–Kier alpha value is -3.63. The van der Waals surface area contributed by atoms with E-state index in [1.54, 1.807) is 0 Å². The Morgan fingerprint density at radius 1 is 1.30 bits per heavy atom. The predicted octanol–water partition coefficient (Wildman–Crippen LogP) is 0.378. The molecule has 0 aromatic heterocycles. The molecule has 1 atom stereocenters. The van der Waals surface area contributed by atoms with Crippen molar-refractivity contribution in [3.05, 3.63) is 34.4 Å². The van der Waals surface area contributed by atoms with E-state index >= 15 is 0 Å². The molecule has 27 heavy (non-hydrogen) atoms. The van der Waals surface area contributed by atoms with Crippen molar-refractivity contribution < 1.29 is 28.8 Å². The van der Waals surface area contributed by atoms with E-state index in [9.17, 15) is 29.3 Å². The zero-order valence-electron chi connectivity index (χ0n) is 14.4. The van der Waals surface area contributed by atoms with Gasteiger partial charge in [-0.05, 0) is 6.07 Å². The van der Waals surface area contributed by atoms with Crippen LogP contribution in [-0.4, -0.2) is 52.0 Å². The number of ether oxygens (including phenoxy) is 1. The fourth-order valence-corrected chi connectivity index (χ4v) is 3.24. The third-order valence-electron chi connectivity index (χ3n) is 4.40. The third kappa shape index (κ3) is 2.72. The molecule has 11 nitrogen and oxygen atoms in total. The average molecular weight is 374 g/mol. The van der Waals surface area contributed by atoms with Crippen molar-refractivity contribution in [1.82, 2.24) is 5.01 Å². The van der Waals surface area contributed by atoms with E-state index in [4.69, 9.17) is 0 Å². The zero-order valence-corrected chi connectivity index (χ0v) is 14.4. The van der Waals surface area contributed by atoms with Crippen molar-refractivity contribution in [2.45, 2.75) is 25.3 Å². The summed E-state index contributed by atoms with van der Waals surface area (Å²) in [6, 6.07) is 5.02. The van der Waals surface area contributed by atoms with Gasteiger partial charge in [-0.1, -0.05) is 6.07 Å². The number of nitrogens with zero attached hydrogens (tertiary/aromatic N) is 4. The van der Waals surface area contributed by atoms with Crippen molar-refractivity contribution in [1.29, 1.82) is 0 Å². The topological polar surface area (TPSA) is 139 Å². The molecule has 1 aromatic rings. The average Bonchev–Trinajstić information content (AvgIpc) is 3.13. The van der Waals surface area contributed by atoms with Crippen LogP contribution in [-0.2, 0) is 23.9 Å². The van der Waals surface area contributed by atoms with Crippen LogP contribution in [0.1, 0.15) is 19.8 Å². The van der Waals surface area contributed by atoms with Crippen LogP contribution >= 0.6 is 0 Å². The van der Waals surface area contributed by atoms with Crippen LogP contribution in [0, 0.1) is 10.1 Å². The van der Waals surface area contributed by atoms with Crippen LogP contribution < -0.4 is 4.90 Å². The highest BCUT2D eigenvalue weighted by Crippen LogP contribution is 2.41. The lowest BCUT2D eigenvalue weighted by molar-refractivity contribution is -0.384. The lowest BCUT2D eigenvalue weighted by Gasteiger charge is -2.28. The second-order valence-corrected chi connectivity index (χ2v) is 6.07. The van der Waals surface area contributed by atoms with Gasteiger partial charge in [-0.25, -0.2) is 14.7 Å². The molecule has 2 heterocycles. The van der Waals surface area contributed by atoms with Gasteiger partial charge < -0.3 is 4.74 Å². The maximum absolute atomic E-state index is 13.1. The standard InChI is InChI=1S/C16H14N4O7/c1-9(21)19-16(7-12(17-19)14(23)27-2)8-13(22)18(15(16)24)10-4-3-5-11(6-10)20(25)26/h3-6H,7-8H2,1-2H3/t16-/m0/s1. The number of hydrogen-bond donors (Lipinski definition) is 0. The summed E-state index contributed by atoms with van der Waals surface area (Å²) in [5, 5.41) is 15.7. The Bertz CT molecular complexity index is 925. The number of nitro groups is 1. The van der Waals surface area contributed by atoms with Gasteiger partial charge in [0.25, 0.3) is 11.6 Å². The Balaban J connectivity index is 2.03. The largest absolute Gasteiger partial charge is 0.464 e. The molecule has 1 saturated heterocycles. The minimum Gasteiger partial charge on any atom is -0.464 e. The lowest BCUT2D eigenvalue weighted by atomic mass is 9.91. The predicted molar refractivity (Wildman–Crippen MR) is 89.5 cm³/mol. The summed E-state index contributed by atoms with van der Waals surface area (Å²) in [6.45, 7) is 1.15. The van der Waals surface area contributed by atoms with Gasteiger partial charge in [0.2, 0.25) is 11.8 Å². The van der Waals surface area contributed by atoms with Crippen molar-refractivity contribution in [2.24, 2.45) is 5.10 Å². The van der Waals surface area contributed by atoms with E-state index < -0.39 is 40.6 Å². The molecule has 140 valence electrons. The van der Waals surface area contributed by atoms with Crippen LogP contribution in [0.15, 0.2) is 29.4 Å². The number of rotatable bonds is 3. The molecule has 3 rings (SSSR count). The molecule has 0 aliphatic carbocycles. The van der Waals surface area contributed by atoms with Crippen LogP contribution in [0.5, 0.6) is 0 Å². The summed E-state index contributed by atoms with van der Waals surface area (Å²) >= 11 is 0. The van der Waals surface area contributed by atoms with Gasteiger partial charge >= 0.3 is 5.97 Å². The fourth-order valence-electron chi connectivity index (χ4n) is 3.24. The molecule has 2 aliphatic rings.